The van der Waals surface area contributed by atoms with Crippen LogP contribution in [0.1, 0.15) is 30.4 Å². The summed E-state index contributed by atoms with van der Waals surface area (Å²) < 4.78 is 12.4. The number of hydrogen-bond acceptors (Lipinski definition) is 5. The minimum atomic E-state index is -1.01. The van der Waals surface area contributed by atoms with Crippen LogP contribution in [0.25, 0.3) is 0 Å². The molecule has 1 amide bonds. The van der Waals surface area contributed by atoms with E-state index in [2.05, 4.69) is 20.9 Å². The number of rotatable bonds is 6. The van der Waals surface area contributed by atoms with Crippen LogP contribution in [0.3, 0.4) is 0 Å². The van der Waals surface area contributed by atoms with Crippen LogP contribution in [-0.4, -0.2) is 46.2 Å². The first-order valence-corrected chi connectivity index (χ1v) is 10.7. The van der Waals surface area contributed by atoms with Gasteiger partial charge in [-0.1, -0.05) is 30.3 Å². The van der Waals surface area contributed by atoms with Gasteiger partial charge in [-0.15, -0.1) is 0 Å². The van der Waals surface area contributed by atoms with E-state index in [0.29, 0.717) is 19.4 Å². The molecule has 0 radical (unpaired) electrons. The van der Waals surface area contributed by atoms with Crippen LogP contribution >= 0.6 is 15.9 Å². The lowest BCUT2D eigenvalue weighted by molar-refractivity contribution is -0.158. The zero-order valence-corrected chi connectivity index (χ0v) is 18.0. The molecule has 2 aromatic rings. The minimum Gasteiger partial charge on any atom is -0.480 e. The molecule has 4 rings (SSSR count). The Morgan fingerprint density at radius 2 is 2.07 bits per heavy atom. The van der Waals surface area contributed by atoms with Gasteiger partial charge in [0.15, 0.2) is 0 Å². The van der Waals surface area contributed by atoms with Crippen LogP contribution < -0.4 is 0 Å². The molecule has 0 spiro atoms. The monoisotopic (exact) mass is 474 g/mol. The second kappa shape index (κ2) is 8.73. The molecule has 7 nitrogen and oxygen atoms in total. The SMILES string of the molecule is O=C(O)COC1(c2ccncc2Br)CCC2CC1CN2C(=O)OCc1ccccc1. The van der Waals surface area contributed by atoms with Gasteiger partial charge in [0.1, 0.15) is 13.2 Å². The topological polar surface area (TPSA) is 89.0 Å². The summed E-state index contributed by atoms with van der Waals surface area (Å²) in [6.07, 6.45) is 5.11. The lowest BCUT2D eigenvalue weighted by Gasteiger charge is -2.42. The molecular weight excluding hydrogens is 452 g/mol. The zero-order chi connectivity index (χ0) is 21.1. The number of aromatic nitrogens is 1. The van der Waals surface area contributed by atoms with Crippen molar-refractivity contribution in [2.75, 3.05) is 13.2 Å². The number of carboxylic acid groups (broad SMARTS) is 1. The third-order valence-corrected chi connectivity index (χ3v) is 6.68. The van der Waals surface area contributed by atoms with Gasteiger partial charge in [0.05, 0.1) is 5.60 Å². The highest BCUT2D eigenvalue weighted by Crippen LogP contribution is 2.51. The quantitative estimate of drug-likeness (QED) is 0.681. The number of pyridine rings is 1. The number of ether oxygens (including phenoxy) is 2. The van der Waals surface area contributed by atoms with Gasteiger partial charge in [-0.2, -0.15) is 0 Å². The Labute approximate surface area is 183 Å². The summed E-state index contributed by atoms with van der Waals surface area (Å²) >= 11 is 3.54. The first-order chi connectivity index (χ1) is 14.5. The molecule has 8 heteroatoms. The molecular formula is C22H23BrN2O5. The highest BCUT2D eigenvalue weighted by Gasteiger charge is 2.54. The Morgan fingerprint density at radius 1 is 1.27 bits per heavy atom. The summed E-state index contributed by atoms with van der Waals surface area (Å²) in [5, 5.41) is 9.23. The van der Waals surface area contributed by atoms with Gasteiger partial charge >= 0.3 is 12.1 Å². The molecule has 1 saturated heterocycles. The van der Waals surface area contributed by atoms with Crippen molar-refractivity contribution in [1.82, 2.24) is 9.88 Å². The molecule has 3 unspecified atom stereocenters. The molecule has 1 saturated carbocycles. The van der Waals surface area contributed by atoms with E-state index in [1.54, 1.807) is 17.3 Å². The van der Waals surface area contributed by atoms with Gasteiger partial charge in [0.2, 0.25) is 0 Å². The smallest absolute Gasteiger partial charge is 0.410 e. The van der Waals surface area contributed by atoms with E-state index in [0.717, 1.165) is 22.0 Å². The van der Waals surface area contributed by atoms with Crippen LogP contribution in [0.15, 0.2) is 53.3 Å². The van der Waals surface area contributed by atoms with Crippen molar-refractivity contribution >= 4 is 28.0 Å². The number of hydrogen-bond donors (Lipinski definition) is 1. The molecule has 3 atom stereocenters. The Bertz CT molecular complexity index is 925. The van der Waals surface area contributed by atoms with Gasteiger partial charge in [-0.05, 0) is 46.8 Å². The molecule has 1 aromatic carbocycles. The van der Waals surface area contributed by atoms with Crippen LogP contribution in [0.4, 0.5) is 4.79 Å². The van der Waals surface area contributed by atoms with E-state index in [1.165, 1.54) is 0 Å². The number of aliphatic carboxylic acids is 1. The summed E-state index contributed by atoms with van der Waals surface area (Å²) in [5.74, 6) is -1.04. The van der Waals surface area contributed by atoms with Gasteiger partial charge in [-0.3, -0.25) is 4.98 Å². The van der Waals surface area contributed by atoms with Crippen molar-refractivity contribution in [3.63, 3.8) is 0 Å². The average Bonchev–Trinajstić information content (AvgIpc) is 3.12. The largest absolute Gasteiger partial charge is 0.480 e. The lowest BCUT2D eigenvalue weighted by atomic mass is 9.72. The predicted octanol–water partition coefficient (Wildman–Crippen LogP) is 3.96. The van der Waals surface area contributed by atoms with Crippen LogP contribution in [0.5, 0.6) is 0 Å². The standard InChI is InChI=1S/C22H23BrN2O5/c23-19-11-24-9-7-18(19)22(30-14-20(26)27)8-6-17-10-16(22)12-25(17)21(28)29-13-15-4-2-1-3-5-15/h1-5,7,9,11,16-17H,6,8,10,12-14H2,(H,26,27). The number of halogens is 1. The van der Waals surface area contributed by atoms with Crippen molar-refractivity contribution in [3.8, 4) is 0 Å². The molecule has 158 valence electrons. The second-order valence-electron chi connectivity index (χ2n) is 7.75. The number of carboxylic acids is 1. The fraction of sp³-hybridized carbons (Fsp3) is 0.409. The van der Waals surface area contributed by atoms with E-state index in [4.69, 9.17) is 9.47 Å². The fourth-order valence-corrected chi connectivity index (χ4v) is 5.26. The fourth-order valence-electron chi connectivity index (χ4n) is 4.67. The maximum Gasteiger partial charge on any atom is 0.410 e. The average molecular weight is 475 g/mol. The molecule has 2 heterocycles. The first-order valence-electron chi connectivity index (χ1n) is 9.92. The number of carbonyl (C=O) groups excluding carboxylic acids is 1. The molecule has 1 N–H and O–H groups in total. The Morgan fingerprint density at radius 3 is 2.80 bits per heavy atom. The number of nitrogens with zero attached hydrogens (tertiary/aromatic N) is 2. The Balaban J connectivity index is 1.53. The summed E-state index contributed by atoms with van der Waals surface area (Å²) in [6, 6.07) is 11.5. The molecule has 2 fully saturated rings. The van der Waals surface area contributed by atoms with E-state index < -0.39 is 18.2 Å². The van der Waals surface area contributed by atoms with Crippen molar-refractivity contribution in [1.29, 1.82) is 0 Å². The van der Waals surface area contributed by atoms with Crippen LogP contribution in [0.2, 0.25) is 0 Å². The maximum absolute atomic E-state index is 12.8. The van der Waals surface area contributed by atoms with E-state index in [9.17, 15) is 14.7 Å². The molecule has 1 aliphatic heterocycles. The lowest BCUT2D eigenvalue weighted by Crippen LogP contribution is -2.43. The van der Waals surface area contributed by atoms with Crippen molar-refractivity contribution in [3.05, 3.63) is 64.4 Å². The first kappa shape index (κ1) is 20.8. The minimum absolute atomic E-state index is 0.0291. The third-order valence-electron chi connectivity index (χ3n) is 6.04. The highest BCUT2D eigenvalue weighted by atomic mass is 79.9. The summed E-state index contributed by atoms with van der Waals surface area (Å²) in [6.45, 7) is 0.297. The van der Waals surface area contributed by atoms with Gasteiger partial charge in [-0.25, -0.2) is 9.59 Å². The Kier molecular flexibility index (Phi) is 6.06. The van der Waals surface area contributed by atoms with Gasteiger partial charge in [0, 0.05) is 40.9 Å². The zero-order valence-electron chi connectivity index (χ0n) is 16.4. The molecule has 2 bridgehead atoms. The summed E-state index contributed by atoms with van der Waals surface area (Å²) in [5.41, 5.74) is 1.03. The summed E-state index contributed by atoms with van der Waals surface area (Å²) in [7, 11) is 0. The van der Waals surface area contributed by atoms with E-state index in [-0.39, 0.29) is 24.7 Å². The number of carbonyl (C=O) groups is 2. The molecule has 1 aromatic heterocycles. The number of amides is 1. The van der Waals surface area contributed by atoms with Crippen molar-refractivity contribution < 1.29 is 24.2 Å². The molecule has 1 aliphatic carbocycles. The molecule has 30 heavy (non-hydrogen) atoms. The highest BCUT2D eigenvalue weighted by molar-refractivity contribution is 9.10. The second-order valence-corrected chi connectivity index (χ2v) is 8.60. The van der Waals surface area contributed by atoms with E-state index in [1.807, 2.05) is 36.4 Å². The number of fused-ring (bicyclic) bond motifs is 2. The number of likely N-dealkylation sites (tertiary alicyclic amines) is 1. The van der Waals surface area contributed by atoms with Gasteiger partial charge < -0.3 is 19.5 Å². The molecule has 2 aliphatic rings. The van der Waals surface area contributed by atoms with Crippen molar-refractivity contribution in [2.24, 2.45) is 5.92 Å². The summed E-state index contributed by atoms with van der Waals surface area (Å²) in [4.78, 5) is 29.9. The maximum atomic E-state index is 12.8. The Hall–Kier alpha value is -2.45. The van der Waals surface area contributed by atoms with Gasteiger partial charge in [0.25, 0.3) is 0 Å². The normalized spacial score (nSPS) is 25.2. The van der Waals surface area contributed by atoms with Crippen molar-refractivity contribution in [2.45, 2.75) is 37.5 Å². The number of benzene rings is 1. The third kappa shape index (κ3) is 4.06. The van der Waals surface area contributed by atoms with Crippen LogP contribution in [0, 0.1) is 5.92 Å². The van der Waals surface area contributed by atoms with Crippen LogP contribution in [-0.2, 0) is 26.5 Å². The van der Waals surface area contributed by atoms with E-state index >= 15 is 0 Å². The predicted molar refractivity (Wildman–Crippen MR) is 112 cm³/mol.